The summed E-state index contributed by atoms with van der Waals surface area (Å²) in [6.07, 6.45) is 0. The summed E-state index contributed by atoms with van der Waals surface area (Å²) in [6.45, 7) is 6.77. The lowest BCUT2D eigenvalue weighted by Crippen LogP contribution is -2.08. The highest BCUT2D eigenvalue weighted by Gasteiger charge is 2.18. The zero-order valence-corrected chi connectivity index (χ0v) is 12.8. The fraction of sp³-hybridized carbons (Fsp3) is 0.250. The van der Waals surface area contributed by atoms with Crippen LogP contribution in [0.4, 0.5) is 0 Å². The number of carbonyl (C=O) groups is 2. The highest BCUT2D eigenvalue weighted by Crippen LogP contribution is 2.26. The van der Waals surface area contributed by atoms with Crippen molar-refractivity contribution in [3.05, 3.63) is 45.8 Å². The zero-order chi connectivity index (χ0) is 16.6. The molecule has 0 spiro atoms. The molecule has 6 nitrogen and oxygen atoms in total. The Morgan fingerprint density at radius 3 is 1.36 bits per heavy atom. The molecular weight excluding hydrogens is 284 g/mol. The largest absolute Gasteiger partial charge is 0.478 e. The third kappa shape index (κ3) is 2.67. The molecule has 6 heteroatoms. The molecule has 0 saturated carbocycles. The van der Waals surface area contributed by atoms with Crippen molar-refractivity contribution >= 4 is 11.9 Å². The third-order valence-electron chi connectivity index (χ3n) is 3.49. The van der Waals surface area contributed by atoms with Gasteiger partial charge in [-0.2, -0.15) is 0 Å². The van der Waals surface area contributed by atoms with Crippen LogP contribution in [0.3, 0.4) is 0 Å². The molecule has 0 aliphatic carbocycles. The van der Waals surface area contributed by atoms with Gasteiger partial charge in [-0.05, 0) is 51.0 Å². The Morgan fingerprint density at radius 2 is 1.09 bits per heavy atom. The van der Waals surface area contributed by atoms with Crippen LogP contribution in [0.2, 0.25) is 0 Å². The van der Waals surface area contributed by atoms with Crippen LogP contribution >= 0.6 is 0 Å². The van der Waals surface area contributed by atoms with Gasteiger partial charge in [0.25, 0.3) is 0 Å². The number of aromatic nitrogens is 2. The van der Waals surface area contributed by atoms with E-state index in [1.54, 1.807) is 39.8 Å². The molecular formula is C16H16N2O4. The summed E-state index contributed by atoms with van der Waals surface area (Å²) in [4.78, 5) is 31.0. The van der Waals surface area contributed by atoms with Gasteiger partial charge in [0.15, 0.2) is 0 Å². The number of hydrogen-bond donors (Lipinski definition) is 2. The Kier molecular flexibility index (Phi) is 3.95. The highest BCUT2D eigenvalue weighted by molar-refractivity contribution is 5.91. The normalized spacial score (nSPS) is 10.5. The number of carboxylic acids is 2. The second-order valence-corrected chi connectivity index (χ2v) is 5.18. The number of rotatable bonds is 3. The van der Waals surface area contributed by atoms with Gasteiger partial charge in [-0.3, -0.25) is 9.97 Å². The summed E-state index contributed by atoms with van der Waals surface area (Å²) >= 11 is 0. The lowest BCUT2D eigenvalue weighted by Gasteiger charge is -2.12. The summed E-state index contributed by atoms with van der Waals surface area (Å²) in [5.41, 5.74) is 3.60. The minimum atomic E-state index is -1.03. The van der Waals surface area contributed by atoms with Crippen molar-refractivity contribution < 1.29 is 19.8 Å². The molecule has 2 N–H and O–H groups in total. The fourth-order valence-corrected chi connectivity index (χ4v) is 2.32. The van der Waals surface area contributed by atoms with Gasteiger partial charge in [0.05, 0.1) is 33.9 Å². The van der Waals surface area contributed by atoms with Crippen LogP contribution in [0.15, 0.2) is 12.1 Å². The van der Waals surface area contributed by atoms with Crippen LogP contribution in [0.25, 0.3) is 11.4 Å². The Morgan fingerprint density at radius 1 is 0.773 bits per heavy atom. The standard InChI is InChI=1S/C16H16N2O4/c1-7-5-11(15(19)20)9(3)17-13(7)14-8(2)6-12(16(21)22)10(4)18-14/h5-6H,1-4H3,(H,19,20)(H,21,22). The van der Waals surface area contributed by atoms with Crippen molar-refractivity contribution in [1.82, 2.24) is 9.97 Å². The molecule has 0 radical (unpaired) electrons. The van der Waals surface area contributed by atoms with E-state index in [1.807, 2.05) is 0 Å². The van der Waals surface area contributed by atoms with E-state index in [4.69, 9.17) is 10.2 Å². The summed E-state index contributed by atoms with van der Waals surface area (Å²) in [7, 11) is 0. The Labute approximate surface area is 127 Å². The van der Waals surface area contributed by atoms with Crippen LogP contribution in [0.5, 0.6) is 0 Å². The number of pyridine rings is 2. The van der Waals surface area contributed by atoms with Gasteiger partial charge < -0.3 is 10.2 Å². The molecule has 0 saturated heterocycles. The first kappa shape index (κ1) is 15.6. The summed E-state index contributed by atoms with van der Waals surface area (Å²) in [5, 5.41) is 18.3. The van der Waals surface area contributed by atoms with Crippen LogP contribution in [0.1, 0.15) is 43.2 Å². The van der Waals surface area contributed by atoms with Crippen molar-refractivity contribution in [2.24, 2.45) is 0 Å². The molecule has 114 valence electrons. The van der Waals surface area contributed by atoms with Gasteiger partial charge in [-0.15, -0.1) is 0 Å². The first-order valence-electron chi connectivity index (χ1n) is 6.65. The van der Waals surface area contributed by atoms with Crippen molar-refractivity contribution in [2.75, 3.05) is 0 Å². The van der Waals surface area contributed by atoms with E-state index in [9.17, 15) is 9.59 Å². The molecule has 0 atom stereocenters. The molecule has 2 heterocycles. The maximum absolute atomic E-state index is 11.1. The summed E-state index contributed by atoms with van der Waals surface area (Å²) < 4.78 is 0. The molecule has 0 aliphatic rings. The number of aromatic carboxylic acids is 2. The number of carboxylic acid groups (broad SMARTS) is 2. The number of hydrogen-bond acceptors (Lipinski definition) is 4. The Bertz CT molecular complexity index is 730. The first-order chi connectivity index (χ1) is 10.2. The quantitative estimate of drug-likeness (QED) is 0.904. The third-order valence-corrected chi connectivity index (χ3v) is 3.49. The average molecular weight is 300 g/mol. The van der Waals surface area contributed by atoms with E-state index < -0.39 is 11.9 Å². The molecule has 0 aliphatic heterocycles. The predicted octanol–water partition coefficient (Wildman–Crippen LogP) is 2.77. The van der Waals surface area contributed by atoms with Crippen molar-refractivity contribution in [3.8, 4) is 11.4 Å². The van der Waals surface area contributed by atoms with Gasteiger partial charge in [0, 0.05) is 0 Å². The molecule has 0 unspecified atom stereocenters. The zero-order valence-electron chi connectivity index (χ0n) is 12.8. The minimum Gasteiger partial charge on any atom is -0.478 e. The molecule has 2 aromatic rings. The van der Waals surface area contributed by atoms with Crippen LogP contribution in [0, 0.1) is 27.7 Å². The van der Waals surface area contributed by atoms with E-state index in [1.165, 1.54) is 0 Å². The monoisotopic (exact) mass is 300 g/mol. The van der Waals surface area contributed by atoms with Crippen molar-refractivity contribution in [2.45, 2.75) is 27.7 Å². The fourth-order valence-electron chi connectivity index (χ4n) is 2.32. The first-order valence-corrected chi connectivity index (χ1v) is 6.65. The molecule has 0 fully saturated rings. The Hall–Kier alpha value is -2.76. The molecule has 0 bridgehead atoms. The molecule has 22 heavy (non-hydrogen) atoms. The van der Waals surface area contributed by atoms with Gasteiger partial charge in [-0.1, -0.05) is 0 Å². The van der Waals surface area contributed by atoms with Gasteiger partial charge in [-0.25, -0.2) is 9.59 Å². The van der Waals surface area contributed by atoms with Crippen molar-refractivity contribution in [3.63, 3.8) is 0 Å². The average Bonchev–Trinajstić information content (AvgIpc) is 2.42. The van der Waals surface area contributed by atoms with Crippen LogP contribution in [-0.4, -0.2) is 32.1 Å². The van der Waals surface area contributed by atoms with E-state index in [2.05, 4.69) is 9.97 Å². The molecule has 2 aromatic heterocycles. The number of nitrogens with zero attached hydrogens (tertiary/aromatic N) is 2. The topological polar surface area (TPSA) is 100 Å². The minimum absolute atomic E-state index is 0.151. The van der Waals surface area contributed by atoms with Crippen LogP contribution < -0.4 is 0 Å². The lowest BCUT2D eigenvalue weighted by atomic mass is 10.0. The maximum atomic E-state index is 11.1. The van der Waals surface area contributed by atoms with Crippen LogP contribution in [-0.2, 0) is 0 Å². The second-order valence-electron chi connectivity index (χ2n) is 5.18. The van der Waals surface area contributed by atoms with Crippen molar-refractivity contribution in [1.29, 1.82) is 0 Å². The molecule has 0 aromatic carbocycles. The van der Waals surface area contributed by atoms with E-state index in [0.717, 1.165) is 0 Å². The predicted molar refractivity (Wildman–Crippen MR) is 80.3 cm³/mol. The van der Waals surface area contributed by atoms with E-state index >= 15 is 0 Å². The summed E-state index contributed by atoms with van der Waals surface area (Å²) in [5.74, 6) is -2.05. The molecule has 0 amide bonds. The van der Waals surface area contributed by atoms with Gasteiger partial charge >= 0.3 is 11.9 Å². The second kappa shape index (κ2) is 5.55. The number of aryl methyl sites for hydroxylation is 4. The van der Waals surface area contributed by atoms with E-state index in [0.29, 0.717) is 33.9 Å². The Balaban J connectivity index is 2.67. The van der Waals surface area contributed by atoms with Gasteiger partial charge in [0.1, 0.15) is 0 Å². The smallest absolute Gasteiger partial charge is 0.337 e. The van der Waals surface area contributed by atoms with Gasteiger partial charge in [0.2, 0.25) is 0 Å². The summed E-state index contributed by atoms with van der Waals surface area (Å²) in [6, 6.07) is 3.11. The highest BCUT2D eigenvalue weighted by atomic mass is 16.4. The maximum Gasteiger partial charge on any atom is 0.337 e. The molecule has 2 rings (SSSR count). The SMILES string of the molecule is Cc1cc(C(=O)O)c(C)nc1-c1nc(C)c(C(=O)O)cc1C. The lowest BCUT2D eigenvalue weighted by molar-refractivity contribution is 0.0684. The van der Waals surface area contributed by atoms with E-state index in [-0.39, 0.29) is 11.1 Å².